The Morgan fingerprint density at radius 3 is 2.61 bits per heavy atom. The third-order valence-electron chi connectivity index (χ3n) is 4.44. The molecule has 4 rings (SSSR count). The zero-order valence-electron chi connectivity index (χ0n) is 15.7. The highest BCUT2D eigenvalue weighted by Crippen LogP contribution is 2.32. The molecule has 140 valence electrons. The number of nitrogens with one attached hydrogen (secondary N) is 1. The molecule has 1 N–H and O–H groups in total. The minimum absolute atomic E-state index is 0.0339. The van der Waals surface area contributed by atoms with Crippen molar-refractivity contribution < 1.29 is 9.53 Å². The van der Waals surface area contributed by atoms with Gasteiger partial charge < -0.3 is 10.1 Å². The molecule has 0 radical (unpaired) electrons. The molecule has 0 saturated carbocycles. The van der Waals surface area contributed by atoms with E-state index >= 15 is 0 Å². The average Bonchev–Trinajstić information content (AvgIpc) is 3.13. The van der Waals surface area contributed by atoms with Crippen LogP contribution in [0.4, 0.5) is 5.69 Å². The van der Waals surface area contributed by atoms with Gasteiger partial charge >= 0.3 is 0 Å². The number of benzene rings is 3. The molecule has 0 unspecified atom stereocenters. The van der Waals surface area contributed by atoms with Crippen LogP contribution in [0, 0.1) is 13.8 Å². The number of rotatable bonds is 5. The summed E-state index contributed by atoms with van der Waals surface area (Å²) in [6, 6.07) is 21.7. The van der Waals surface area contributed by atoms with Gasteiger partial charge in [0.1, 0.15) is 10.8 Å². The zero-order chi connectivity index (χ0) is 19.5. The lowest BCUT2D eigenvalue weighted by Gasteiger charge is -2.11. The van der Waals surface area contributed by atoms with Crippen LogP contribution in [0.15, 0.2) is 66.7 Å². The van der Waals surface area contributed by atoms with Crippen LogP contribution in [0.3, 0.4) is 0 Å². The lowest BCUT2D eigenvalue weighted by molar-refractivity contribution is -0.118. The Hall–Kier alpha value is -3.18. The van der Waals surface area contributed by atoms with Gasteiger partial charge in [0.25, 0.3) is 5.91 Å². The number of amides is 1. The van der Waals surface area contributed by atoms with Gasteiger partial charge in [-0.3, -0.25) is 4.79 Å². The summed E-state index contributed by atoms with van der Waals surface area (Å²) in [5.41, 5.74) is 4.89. The highest BCUT2D eigenvalue weighted by molar-refractivity contribution is 7.21. The van der Waals surface area contributed by atoms with Gasteiger partial charge in [-0.2, -0.15) is 0 Å². The SMILES string of the molecule is Cc1ccc(OCC(=O)Nc2cc(-c3nc4ccccc4s3)ccc2C)cc1. The van der Waals surface area contributed by atoms with Crippen molar-refractivity contribution in [1.82, 2.24) is 4.98 Å². The molecule has 4 aromatic rings. The first-order valence-electron chi connectivity index (χ1n) is 9.04. The van der Waals surface area contributed by atoms with Crippen LogP contribution in [0.25, 0.3) is 20.8 Å². The Bertz CT molecular complexity index is 1100. The summed E-state index contributed by atoms with van der Waals surface area (Å²) in [5, 5.41) is 3.89. The number of carbonyl (C=O) groups is 1. The number of aryl methyl sites for hydroxylation is 2. The largest absolute Gasteiger partial charge is 0.484 e. The molecular weight excluding hydrogens is 368 g/mol. The Morgan fingerprint density at radius 1 is 1.04 bits per heavy atom. The van der Waals surface area contributed by atoms with Gasteiger partial charge in [0.15, 0.2) is 6.61 Å². The molecule has 0 saturated heterocycles. The Kier molecular flexibility index (Phi) is 5.08. The van der Waals surface area contributed by atoms with Crippen molar-refractivity contribution in [2.75, 3.05) is 11.9 Å². The zero-order valence-corrected chi connectivity index (χ0v) is 16.5. The summed E-state index contributed by atoms with van der Waals surface area (Å²) in [5.74, 6) is 0.492. The van der Waals surface area contributed by atoms with Crippen LogP contribution < -0.4 is 10.1 Å². The predicted molar refractivity (Wildman–Crippen MR) is 115 cm³/mol. The molecule has 4 nitrogen and oxygen atoms in total. The van der Waals surface area contributed by atoms with Crippen molar-refractivity contribution in [2.24, 2.45) is 0 Å². The molecular formula is C23H20N2O2S. The number of anilines is 1. The molecule has 5 heteroatoms. The summed E-state index contributed by atoms with van der Waals surface area (Å²) in [6.07, 6.45) is 0. The molecule has 1 amide bonds. The van der Waals surface area contributed by atoms with E-state index in [-0.39, 0.29) is 12.5 Å². The molecule has 28 heavy (non-hydrogen) atoms. The van der Waals surface area contributed by atoms with E-state index in [4.69, 9.17) is 9.72 Å². The number of thiazole rings is 1. The van der Waals surface area contributed by atoms with Crippen molar-refractivity contribution in [3.8, 4) is 16.3 Å². The summed E-state index contributed by atoms with van der Waals surface area (Å²) < 4.78 is 6.72. The van der Waals surface area contributed by atoms with Gasteiger partial charge in [-0.05, 0) is 49.7 Å². The minimum Gasteiger partial charge on any atom is -0.484 e. The van der Waals surface area contributed by atoms with Crippen molar-refractivity contribution in [3.05, 3.63) is 77.9 Å². The fourth-order valence-electron chi connectivity index (χ4n) is 2.86. The third kappa shape index (κ3) is 4.05. The smallest absolute Gasteiger partial charge is 0.262 e. The maximum absolute atomic E-state index is 12.3. The second-order valence-corrected chi connectivity index (χ2v) is 7.70. The maximum Gasteiger partial charge on any atom is 0.262 e. The quantitative estimate of drug-likeness (QED) is 0.484. The second-order valence-electron chi connectivity index (χ2n) is 6.67. The molecule has 0 fully saturated rings. The molecule has 0 bridgehead atoms. The summed E-state index contributed by atoms with van der Waals surface area (Å²) >= 11 is 1.64. The summed E-state index contributed by atoms with van der Waals surface area (Å²) in [6.45, 7) is 3.95. The van der Waals surface area contributed by atoms with Crippen molar-refractivity contribution in [1.29, 1.82) is 0 Å². The number of fused-ring (bicyclic) bond motifs is 1. The van der Waals surface area contributed by atoms with Gasteiger partial charge in [-0.25, -0.2) is 4.98 Å². The monoisotopic (exact) mass is 388 g/mol. The molecule has 0 aliphatic rings. The van der Waals surface area contributed by atoms with E-state index < -0.39 is 0 Å². The Balaban J connectivity index is 1.49. The maximum atomic E-state index is 12.3. The predicted octanol–water partition coefficient (Wildman–Crippen LogP) is 5.60. The van der Waals surface area contributed by atoms with Gasteiger partial charge in [0.2, 0.25) is 0 Å². The summed E-state index contributed by atoms with van der Waals surface area (Å²) in [7, 11) is 0. The molecule has 1 aromatic heterocycles. The minimum atomic E-state index is -0.190. The van der Waals surface area contributed by atoms with Crippen molar-refractivity contribution in [3.63, 3.8) is 0 Å². The van der Waals surface area contributed by atoms with E-state index in [1.807, 2.05) is 74.5 Å². The van der Waals surface area contributed by atoms with E-state index in [1.54, 1.807) is 11.3 Å². The van der Waals surface area contributed by atoms with Gasteiger partial charge in [0, 0.05) is 11.3 Å². The van der Waals surface area contributed by atoms with E-state index in [0.29, 0.717) is 5.75 Å². The number of hydrogen-bond donors (Lipinski definition) is 1. The lowest BCUT2D eigenvalue weighted by Crippen LogP contribution is -2.20. The normalized spacial score (nSPS) is 10.8. The van der Waals surface area contributed by atoms with Crippen molar-refractivity contribution in [2.45, 2.75) is 13.8 Å². The molecule has 1 heterocycles. The molecule has 0 spiro atoms. The van der Waals surface area contributed by atoms with Crippen LogP contribution in [0.5, 0.6) is 5.75 Å². The lowest BCUT2D eigenvalue weighted by atomic mass is 10.1. The van der Waals surface area contributed by atoms with Crippen LogP contribution >= 0.6 is 11.3 Å². The average molecular weight is 388 g/mol. The van der Waals surface area contributed by atoms with Gasteiger partial charge in [-0.15, -0.1) is 11.3 Å². The Morgan fingerprint density at radius 2 is 1.82 bits per heavy atom. The topological polar surface area (TPSA) is 51.2 Å². The number of aromatic nitrogens is 1. The van der Waals surface area contributed by atoms with Crippen LogP contribution in [0.1, 0.15) is 11.1 Å². The van der Waals surface area contributed by atoms with E-state index in [2.05, 4.69) is 11.4 Å². The van der Waals surface area contributed by atoms with E-state index in [1.165, 1.54) is 0 Å². The molecule has 0 atom stereocenters. The standard InChI is InChI=1S/C23H20N2O2S/c1-15-7-11-18(12-8-15)27-14-22(26)24-20-13-17(10-9-16(20)2)23-25-19-5-3-4-6-21(19)28-23/h3-13H,14H2,1-2H3,(H,24,26). The van der Waals surface area contributed by atoms with E-state index in [0.717, 1.165) is 37.6 Å². The summed E-state index contributed by atoms with van der Waals surface area (Å²) in [4.78, 5) is 17.0. The van der Waals surface area contributed by atoms with Crippen LogP contribution in [-0.4, -0.2) is 17.5 Å². The third-order valence-corrected chi connectivity index (χ3v) is 5.53. The first-order valence-corrected chi connectivity index (χ1v) is 9.86. The van der Waals surface area contributed by atoms with Gasteiger partial charge in [-0.1, -0.05) is 42.0 Å². The van der Waals surface area contributed by atoms with Crippen LogP contribution in [0.2, 0.25) is 0 Å². The highest BCUT2D eigenvalue weighted by Gasteiger charge is 2.10. The molecule has 3 aromatic carbocycles. The second kappa shape index (κ2) is 7.82. The number of carbonyl (C=O) groups excluding carboxylic acids is 1. The Labute approximate surface area is 167 Å². The van der Waals surface area contributed by atoms with Gasteiger partial charge in [0.05, 0.1) is 10.2 Å². The first kappa shape index (κ1) is 18.2. The highest BCUT2D eigenvalue weighted by atomic mass is 32.1. The van der Waals surface area contributed by atoms with E-state index in [9.17, 15) is 4.79 Å². The molecule has 0 aliphatic heterocycles. The fourth-order valence-corrected chi connectivity index (χ4v) is 3.82. The number of para-hydroxylation sites is 1. The first-order chi connectivity index (χ1) is 13.6. The fraction of sp³-hybridized carbons (Fsp3) is 0.130. The number of ether oxygens (including phenoxy) is 1. The van der Waals surface area contributed by atoms with Crippen LogP contribution in [-0.2, 0) is 4.79 Å². The molecule has 0 aliphatic carbocycles. The van der Waals surface area contributed by atoms with Crippen molar-refractivity contribution >= 4 is 33.1 Å². The number of nitrogens with zero attached hydrogens (tertiary/aromatic N) is 1. The number of hydrogen-bond acceptors (Lipinski definition) is 4.